The molecule has 1 unspecified atom stereocenters. The van der Waals surface area contributed by atoms with Gasteiger partial charge in [0.15, 0.2) is 0 Å². The summed E-state index contributed by atoms with van der Waals surface area (Å²) in [5.41, 5.74) is 0.982. The fourth-order valence-corrected chi connectivity index (χ4v) is 2.71. The first-order chi connectivity index (χ1) is 10.1. The number of likely N-dealkylation sites (tertiary alicyclic amines) is 1. The van der Waals surface area contributed by atoms with E-state index in [1.807, 2.05) is 13.0 Å². The second kappa shape index (κ2) is 7.50. The molecule has 1 fully saturated rings. The summed E-state index contributed by atoms with van der Waals surface area (Å²) in [7, 11) is 0. The summed E-state index contributed by atoms with van der Waals surface area (Å²) in [6.07, 6.45) is 4.89. The zero-order valence-corrected chi connectivity index (χ0v) is 13.2. The number of aromatic nitrogens is 2. The van der Waals surface area contributed by atoms with Crippen molar-refractivity contribution < 1.29 is 4.79 Å². The van der Waals surface area contributed by atoms with E-state index in [2.05, 4.69) is 34.0 Å². The number of aryl methyl sites for hydroxylation is 1. The predicted molar refractivity (Wildman–Crippen MR) is 84.2 cm³/mol. The average molecular weight is 290 g/mol. The molecule has 0 aliphatic carbocycles. The molecular formula is C16H26N4O. The Morgan fingerprint density at radius 1 is 1.38 bits per heavy atom. The summed E-state index contributed by atoms with van der Waals surface area (Å²) in [5, 5.41) is 3.48. The van der Waals surface area contributed by atoms with Gasteiger partial charge in [0, 0.05) is 43.4 Å². The van der Waals surface area contributed by atoms with E-state index < -0.39 is 0 Å². The highest BCUT2D eigenvalue weighted by Crippen LogP contribution is 2.18. The minimum absolute atomic E-state index is 0.152. The highest BCUT2D eigenvalue weighted by Gasteiger charge is 2.23. The number of aldehydes is 1. The normalized spacial score (nSPS) is 18.7. The van der Waals surface area contributed by atoms with Crippen molar-refractivity contribution in [2.24, 2.45) is 11.8 Å². The van der Waals surface area contributed by atoms with Crippen LogP contribution in [0.2, 0.25) is 0 Å². The maximum atomic E-state index is 11.1. The summed E-state index contributed by atoms with van der Waals surface area (Å²) in [4.78, 5) is 21.9. The lowest BCUT2D eigenvalue weighted by Gasteiger charge is -2.34. The van der Waals surface area contributed by atoms with Gasteiger partial charge >= 0.3 is 0 Å². The van der Waals surface area contributed by atoms with Crippen molar-refractivity contribution in [3.63, 3.8) is 0 Å². The van der Waals surface area contributed by atoms with E-state index in [0.29, 0.717) is 12.0 Å². The third-order valence-electron chi connectivity index (χ3n) is 4.24. The maximum Gasteiger partial charge on any atom is 0.129 e. The summed E-state index contributed by atoms with van der Waals surface area (Å²) in [6.45, 7) is 9.18. The number of hydrogen-bond acceptors (Lipinski definition) is 5. The number of anilines is 1. The topological polar surface area (TPSA) is 58.1 Å². The van der Waals surface area contributed by atoms with E-state index in [9.17, 15) is 4.79 Å². The van der Waals surface area contributed by atoms with Crippen molar-refractivity contribution in [2.45, 2.75) is 39.7 Å². The summed E-state index contributed by atoms with van der Waals surface area (Å²) < 4.78 is 0. The molecule has 1 N–H and O–H groups in total. The van der Waals surface area contributed by atoms with Gasteiger partial charge in [-0.1, -0.05) is 13.8 Å². The van der Waals surface area contributed by atoms with Crippen molar-refractivity contribution in [2.75, 3.05) is 25.0 Å². The third kappa shape index (κ3) is 4.77. The third-order valence-corrected chi connectivity index (χ3v) is 4.24. The Bertz CT molecular complexity index is 455. The maximum absolute atomic E-state index is 11.1. The Morgan fingerprint density at radius 3 is 2.67 bits per heavy atom. The lowest BCUT2D eigenvalue weighted by Crippen LogP contribution is -2.42. The molecule has 21 heavy (non-hydrogen) atoms. The molecule has 0 radical (unpaired) electrons. The molecule has 116 valence electrons. The van der Waals surface area contributed by atoms with E-state index in [4.69, 9.17) is 0 Å². The van der Waals surface area contributed by atoms with Gasteiger partial charge in [0.25, 0.3) is 0 Å². The Morgan fingerprint density at radius 2 is 2.10 bits per heavy atom. The molecule has 0 aromatic carbocycles. The zero-order chi connectivity index (χ0) is 15.2. The van der Waals surface area contributed by atoms with Crippen LogP contribution in [0.5, 0.6) is 0 Å². The van der Waals surface area contributed by atoms with Crippen LogP contribution >= 0.6 is 0 Å². The summed E-state index contributed by atoms with van der Waals surface area (Å²) in [5.74, 6) is 1.48. The van der Waals surface area contributed by atoms with Gasteiger partial charge < -0.3 is 15.0 Å². The van der Waals surface area contributed by atoms with E-state index in [1.54, 1.807) is 6.33 Å². The average Bonchev–Trinajstić information content (AvgIpc) is 2.46. The van der Waals surface area contributed by atoms with E-state index in [-0.39, 0.29) is 5.92 Å². The van der Waals surface area contributed by atoms with Crippen LogP contribution in [0, 0.1) is 18.8 Å². The number of carbonyl (C=O) groups excluding carboxylic acids is 1. The SMILES string of the molecule is Cc1cc(NC2CCN(CC(C=O)C(C)C)CC2)ncn1. The van der Waals surface area contributed by atoms with Gasteiger partial charge in [0.05, 0.1) is 0 Å². The molecule has 5 nitrogen and oxygen atoms in total. The molecular weight excluding hydrogens is 264 g/mol. The van der Waals surface area contributed by atoms with Gasteiger partial charge in [-0.3, -0.25) is 0 Å². The zero-order valence-electron chi connectivity index (χ0n) is 13.2. The second-order valence-electron chi connectivity index (χ2n) is 6.31. The van der Waals surface area contributed by atoms with Crippen LogP contribution < -0.4 is 5.32 Å². The fraction of sp³-hybridized carbons (Fsp3) is 0.688. The first kappa shape index (κ1) is 15.9. The number of rotatable bonds is 6. The molecule has 2 heterocycles. The summed E-state index contributed by atoms with van der Waals surface area (Å²) in [6, 6.07) is 2.44. The first-order valence-electron chi connectivity index (χ1n) is 7.81. The van der Waals surface area contributed by atoms with Gasteiger partial charge in [0.1, 0.15) is 18.4 Å². The number of hydrogen-bond donors (Lipinski definition) is 1. The number of nitrogens with one attached hydrogen (secondary N) is 1. The molecule has 0 amide bonds. The number of piperidine rings is 1. The highest BCUT2D eigenvalue weighted by molar-refractivity contribution is 5.54. The van der Waals surface area contributed by atoms with Crippen LogP contribution in [0.4, 0.5) is 5.82 Å². The molecule has 1 atom stereocenters. The van der Waals surface area contributed by atoms with E-state index >= 15 is 0 Å². The summed E-state index contributed by atoms with van der Waals surface area (Å²) >= 11 is 0. The van der Waals surface area contributed by atoms with Gasteiger partial charge in [0.2, 0.25) is 0 Å². The molecule has 1 aromatic rings. The van der Waals surface area contributed by atoms with Crippen LogP contribution in [-0.4, -0.2) is 46.8 Å². The molecule has 0 spiro atoms. The van der Waals surface area contributed by atoms with Gasteiger partial charge in [-0.15, -0.1) is 0 Å². The Balaban J connectivity index is 1.79. The highest BCUT2D eigenvalue weighted by atomic mass is 16.1. The standard InChI is InChI=1S/C16H26N4O/c1-12(2)14(10-21)9-20-6-4-15(5-7-20)19-16-8-13(3)17-11-18-16/h8,10-12,14-15H,4-7,9H2,1-3H3,(H,17,18,19). The lowest BCUT2D eigenvalue weighted by molar-refractivity contribution is -0.112. The van der Waals surface area contributed by atoms with Crippen molar-refractivity contribution >= 4 is 12.1 Å². The predicted octanol–water partition coefficient (Wildman–Crippen LogP) is 2.13. The van der Waals surface area contributed by atoms with Crippen LogP contribution in [-0.2, 0) is 4.79 Å². The first-order valence-corrected chi connectivity index (χ1v) is 7.81. The molecule has 1 saturated heterocycles. The Hall–Kier alpha value is -1.49. The Labute approximate surface area is 127 Å². The fourth-order valence-electron chi connectivity index (χ4n) is 2.71. The van der Waals surface area contributed by atoms with Crippen LogP contribution in [0.15, 0.2) is 12.4 Å². The van der Waals surface area contributed by atoms with Crippen molar-refractivity contribution in [1.29, 1.82) is 0 Å². The monoisotopic (exact) mass is 290 g/mol. The largest absolute Gasteiger partial charge is 0.367 e. The quantitative estimate of drug-likeness (QED) is 0.813. The molecule has 0 bridgehead atoms. The van der Waals surface area contributed by atoms with Crippen molar-refractivity contribution in [3.05, 3.63) is 18.1 Å². The number of nitrogens with zero attached hydrogens (tertiary/aromatic N) is 3. The molecule has 1 aliphatic heterocycles. The molecule has 1 aromatic heterocycles. The molecule has 5 heteroatoms. The van der Waals surface area contributed by atoms with Gasteiger partial charge in [-0.2, -0.15) is 0 Å². The van der Waals surface area contributed by atoms with Crippen LogP contribution in [0.3, 0.4) is 0 Å². The lowest BCUT2D eigenvalue weighted by atomic mass is 9.95. The Kier molecular flexibility index (Phi) is 5.67. The number of carbonyl (C=O) groups is 1. The smallest absolute Gasteiger partial charge is 0.129 e. The van der Waals surface area contributed by atoms with Crippen LogP contribution in [0.25, 0.3) is 0 Å². The van der Waals surface area contributed by atoms with Crippen molar-refractivity contribution in [1.82, 2.24) is 14.9 Å². The van der Waals surface area contributed by atoms with Crippen LogP contribution in [0.1, 0.15) is 32.4 Å². The molecule has 0 saturated carbocycles. The minimum atomic E-state index is 0.152. The molecule has 1 aliphatic rings. The molecule has 2 rings (SSSR count). The van der Waals surface area contributed by atoms with Crippen molar-refractivity contribution in [3.8, 4) is 0 Å². The van der Waals surface area contributed by atoms with Gasteiger partial charge in [-0.25, -0.2) is 9.97 Å². The minimum Gasteiger partial charge on any atom is -0.367 e. The van der Waals surface area contributed by atoms with E-state index in [0.717, 1.165) is 50.3 Å². The van der Waals surface area contributed by atoms with Gasteiger partial charge in [-0.05, 0) is 25.7 Å². The second-order valence-corrected chi connectivity index (χ2v) is 6.31. The van der Waals surface area contributed by atoms with E-state index in [1.165, 1.54) is 0 Å².